The van der Waals surface area contributed by atoms with Crippen LogP contribution >= 0.6 is 23.1 Å². The lowest BCUT2D eigenvalue weighted by molar-refractivity contribution is -0.127. The SMILES string of the molecule is CC(Sc1nnc(NC2CC2)s1)C(=O)N(C)C. The zero-order chi connectivity index (χ0) is 12.4. The second-order valence-corrected chi connectivity index (χ2v) is 6.85. The molecule has 94 valence electrons. The first-order chi connectivity index (χ1) is 8.06. The van der Waals surface area contributed by atoms with Gasteiger partial charge in [0.15, 0.2) is 4.34 Å². The number of hydrogen-bond donors (Lipinski definition) is 1. The van der Waals surface area contributed by atoms with Gasteiger partial charge in [0.2, 0.25) is 11.0 Å². The molecule has 1 aliphatic rings. The largest absolute Gasteiger partial charge is 0.357 e. The number of aromatic nitrogens is 2. The molecular weight excluding hydrogens is 256 g/mol. The average Bonchev–Trinajstić information content (AvgIpc) is 2.97. The van der Waals surface area contributed by atoms with Crippen molar-refractivity contribution in [3.63, 3.8) is 0 Å². The fourth-order valence-corrected chi connectivity index (χ4v) is 3.40. The molecule has 1 unspecified atom stereocenters. The first-order valence-corrected chi connectivity index (χ1v) is 7.23. The van der Waals surface area contributed by atoms with Gasteiger partial charge < -0.3 is 10.2 Å². The molecule has 0 aliphatic heterocycles. The standard InChI is InChI=1S/C10H16N4OS2/c1-6(8(15)14(2)3)16-10-13-12-9(17-10)11-7-4-5-7/h6-7H,4-5H2,1-3H3,(H,11,12). The maximum atomic E-state index is 11.7. The Morgan fingerprint density at radius 1 is 1.53 bits per heavy atom. The van der Waals surface area contributed by atoms with Crippen molar-refractivity contribution in [2.24, 2.45) is 0 Å². The van der Waals surface area contributed by atoms with Crippen molar-refractivity contribution in [3.8, 4) is 0 Å². The Kier molecular flexibility index (Phi) is 3.88. The van der Waals surface area contributed by atoms with Crippen LogP contribution in [0.3, 0.4) is 0 Å². The zero-order valence-corrected chi connectivity index (χ0v) is 11.8. The summed E-state index contributed by atoms with van der Waals surface area (Å²) in [6, 6.07) is 0.585. The van der Waals surface area contributed by atoms with Gasteiger partial charge in [-0.3, -0.25) is 4.79 Å². The van der Waals surface area contributed by atoms with E-state index in [0.717, 1.165) is 9.47 Å². The summed E-state index contributed by atoms with van der Waals surface area (Å²) in [6.45, 7) is 1.89. The van der Waals surface area contributed by atoms with E-state index in [1.54, 1.807) is 19.0 Å². The Bertz CT molecular complexity index is 403. The first-order valence-electron chi connectivity index (χ1n) is 5.54. The molecule has 1 aliphatic carbocycles. The third kappa shape index (κ3) is 3.57. The number of nitrogens with one attached hydrogen (secondary N) is 1. The lowest BCUT2D eigenvalue weighted by Gasteiger charge is -2.14. The second-order valence-electron chi connectivity index (χ2n) is 4.28. The molecule has 1 aromatic rings. The molecule has 1 atom stereocenters. The van der Waals surface area contributed by atoms with Crippen LogP contribution in [0.25, 0.3) is 0 Å². The molecule has 0 saturated heterocycles. The van der Waals surface area contributed by atoms with Gasteiger partial charge >= 0.3 is 0 Å². The Morgan fingerprint density at radius 3 is 2.82 bits per heavy atom. The van der Waals surface area contributed by atoms with Gasteiger partial charge in [0.25, 0.3) is 0 Å². The van der Waals surface area contributed by atoms with Crippen molar-refractivity contribution in [1.82, 2.24) is 15.1 Å². The summed E-state index contributed by atoms with van der Waals surface area (Å²) in [5.74, 6) is 0.0990. The lowest BCUT2D eigenvalue weighted by Crippen LogP contribution is -2.29. The molecular formula is C10H16N4OS2. The molecule has 1 amide bonds. The molecule has 1 saturated carbocycles. The molecule has 0 bridgehead atoms. The monoisotopic (exact) mass is 272 g/mol. The van der Waals surface area contributed by atoms with Gasteiger partial charge in [0.05, 0.1) is 5.25 Å². The number of rotatable bonds is 5. The number of anilines is 1. The fourth-order valence-electron chi connectivity index (χ4n) is 1.28. The van der Waals surface area contributed by atoms with Gasteiger partial charge in [-0.1, -0.05) is 23.1 Å². The number of amides is 1. The van der Waals surface area contributed by atoms with Crippen molar-refractivity contribution >= 4 is 34.1 Å². The van der Waals surface area contributed by atoms with Crippen molar-refractivity contribution in [2.45, 2.75) is 35.4 Å². The topological polar surface area (TPSA) is 58.1 Å². The van der Waals surface area contributed by atoms with Crippen LogP contribution in [0.1, 0.15) is 19.8 Å². The van der Waals surface area contributed by atoms with Gasteiger partial charge in [-0.2, -0.15) is 0 Å². The van der Waals surface area contributed by atoms with Crippen LogP contribution in [0, 0.1) is 0 Å². The van der Waals surface area contributed by atoms with Crippen molar-refractivity contribution < 1.29 is 4.79 Å². The van der Waals surface area contributed by atoms with E-state index in [2.05, 4.69) is 15.5 Å². The van der Waals surface area contributed by atoms with Crippen molar-refractivity contribution in [2.75, 3.05) is 19.4 Å². The van der Waals surface area contributed by atoms with E-state index in [1.165, 1.54) is 35.9 Å². The van der Waals surface area contributed by atoms with E-state index in [-0.39, 0.29) is 11.2 Å². The Hall–Kier alpha value is -0.820. The summed E-state index contributed by atoms with van der Waals surface area (Å²) in [6.07, 6.45) is 2.44. The minimum Gasteiger partial charge on any atom is -0.357 e. The highest BCUT2D eigenvalue weighted by Gasteiger charge is 2.23. The zero-order valence-electron chi connectivity index (χ0n) is 10.1. The fraction of sp³-hybridized carbons (Fsp3) is 0.700. The summed E-state index contributed by atoms with van der Waals surface area (Å²) in [5.41, 5.74) is 0. The maximum Gasteiger partial charge on any atom is 0.235 e. The van der Waals surface area contributed by atoms with Crippen LogP contribution in [0.4, 0.5) is 5.13 Å². The van der Waals surface area contributed by atoms with E-state index in [1.807, 2.05) is 6.92 Å². The predicted octanol–water partition coefficient (Wildman–Crippen LogP) is 1.68. The van der Waals surface area contributed by atoms with Gasteiger partial charge in [0, 0.05) is 20.1 Å². The minimum absolute atomic E-state index is 0.0990. The van der Waals surface area contributed by atoms with E-state index < -0.39 is 0 Å². The van der Waals surface area contributed by atoms with Gasteiger partial charge in [-0.25, -0.2) is 0 Å². The van der Waals surface area contributed by atoms with Crippen LogP contribution in [0.5, 0.6) is 0 Å². The highest BCUT2D eigenvalue weighted by Crippen LogP contribution is 2.32. The van der Waals surface area contributed by atoms with Crippen LogP contribution < -0.4 is 5.32 Å². The van der Waals surface area contributed by atoms with Crippen molar-refractivity contribution in [3.05, 3.63) is 0 Å². The molecule has 1 heterocycles. The smallest absolute Gasteiger partial charge is 0.235 e. The number of nitrogens with zero attached hydrogens (tertiary/aromatic N) is 3. The summed E-state index contributed by atoms with van der Waals surface area (Å²) in [7, 11) is 3.53. The first kappa shape index (κ1) is 12.6. The van der Waals surface area contributed by atoms with E-state index in [0.29, 0.717) is 6.04 Å². The van der Waals surface area contributed by atoms with E-state index in [9.17, 15) is 4.79 Å². The summed E-state index contributed by atoms with van der Waals surface area (Å²) < 4.78 is 0.843. The predicted molar refractivity (Wildman–Crippen MR) is 70.6 cm³/mol. The molecule has 17 heavy (non-hydrogen) atoms. The minimum atomic E-state index is -0.119. The molecule has 0 radical (unpaired) electrons. The Labute approximate surface area is 109 Å². The number of hydrogen-bond acceptors (Lipinski definition) is 6. The van der Waals surface area contributed by atoms with Crippen LogP contribution in [0.15, 0.2) is 4.34 Å². The quantitative estimate of drug-likeness (QED) is 0.827. The second kappa shape index (κ2) is 5.22. The Morgan fingerprint density at radius 2 is 2.24 bits per heavy atom. The summed E-state index contributed by atoms with van der Waals surface area (Å²) in [4.78, 5) is 13.3. The molecule has 1 fully saturated rings. The third-order valence-corrected chi connectivity index (χ3v) is 4.40. The molecule has 1 aromatic heterocycles. The molecule has 5 nitrogen and oxygen atoms in total. The van der Waals surface area contributed by atoms with E-state index in [4.69, 9.17) is 0 Å². The van der Waals surface area contributed by atoms with Crippen LogP contribution in [-0.4, -0.2) is 46.4 Å². The maximum absolute atomic E-state index is 11.7. The number of carbonyl (C=O) groups excluding carboxylic acids is 1. The highest BCUT2D eigenvalue weighted by atomic mass is 32.2. The summed E-state index contributed by atoms with van der Waals surface area (Å²) >= 11 is 2.98. The molecule has 0 aromatic carbocycles. The van der Waals surface area contributed by atoms with Gasteiger partial charge in [-0.15, -0.1) is 10.2 Å². The number of carbonyl (C=O) groups is 1. The van der Waals surface area contributed by atoms with Gasteiger partial charge in [0.1, 0.15) is 0 Å². The number of thioether (sulfide) groups is 1. The molecule has 1 N–H and O–H groups in total. The molecule has 7 heteroatoms. The Balaban J connectivity index is 1.89. The van der Waals surface area contributed by atoms with E-state index >= 15 is 0 Å². The van der Waals surface area contributed by atoms with Gasteiger partial charge in [-0.05, 0) is 19.8 Å². The lowest BCUT2D eigenvalue weighted by atomic mass is 10.4. The summed E-state index contributed by atoms with van der Waals surface area (Å²) in [5, 5.41) is 12.2. The van der Waals surface area contributed by atoms with Crippen molar-refractivity contribution in [1.29, 1.82) is 0 Å². The van der Waals surface area contributed by atoms with Crippen LogP contribution in [-0.2, 0) is 4.79 Å². The molecule has 2 rings (SSSR count). The molecule has 0 spiro atoms. The third-order valence-electron chi connectivity index (χ3n) is 2.38. The van der Waals surface area contributed by atoms with Crippen LogP contribution in [0.2, 0.25) is 0 Å². The average molecular weight is 272 g/mol. The highest BCUT2D eigenvalue weighted by molar-refractivity contribution is 8.02. The normalized spacial score (nSPS) is 16.6.